The highest BCUT2D eigenvalue weighted by Crippen LogP contribution is 2.31. The highest BCUT2D eigenvalue weighted by molar-refractivity contribution is 7.91. The molecule has 0 aliphatic carbocycles. The van der Waals surface area contributed by atoms with E-state index in [1.54, 1.807) is 43.3 Å². The fraction of sp³-hybridized carbons (Fsp3) is 0.286. The van der Waals surface area contributed by atoms with Gasteiger partial charge in [-0.2, -0.15) is 5.26 Å². The molecule has 0 N–H and O–H groups in total. The highest BCUT2D eigenvalue weighted by Gasteiger charge is 2.43. The van der Waals surface area contributed by atoms with Gasteiger partial charge in [0, 0.05) is 5.57 Å². The summed E-state index contributed by atoms with van der Waals surface area (Å²) >= 11 is 0. The van der Waals surface area contributed by atoms with Crippen molar-refractivity contribution in [3.63, 3.8) is 0 Å². The third-order valence-electron chi connectivity index (χ3n) is 4.91. The summed E-state index contributed by atoms with van der Waals surface area (Å²) in [6, 6.07) is 8.08. The SMILES string of the molecule is C=CCOc1ccc(/C=C2\C(=O)N(C3CCS(=O)(=O)C3)C(=O)C(C#N)=C2C)cc1. The average Bonchev–Trinajstić information content (AvgIpc) is 3.04. The first kappa shape index (κ1) is 20.6. The second-order valence-corrected chi connectivity index (χ2v) is 9.10. The molecule has 2 amide bonds. The predicted molar refractivity (Wildman–Crippen MR) is 107 cm³/mol. The largest absolute Gasteiger partial charge is 0.490 e. The Morgan fingerprint density at radius 1 is 1.28 bits per heavy atom. The molecule has 8 heteroatoms. The molecule has 7 nitrogen and oxygen atoms in total. The third kappa shape index (κ3) is 4.15. The Labute approximate surface area is 169 Å². The number of rotatable bonds is 5. The van der Waals surface area contributed by atoms with Crippen LogP contribution in [0, 0.1) is 11.3 Å². The summed E-state index contributed by atoms with van der Waals surface area (Å²) in [5.41, 5.74) is 1.02. The Morgan fingerprint density at radius 3 is 2.52 bits per heavy atom. The quantitative estimate of drug-likeness (QED) is 0.416. The Bertz CT molecular complexity index is 1080. The van der Waals surface area contributed by atoms with Crippen LogP contribution in [0.15, 0.2) is 53.6 Å². The molecule has 2 aliphatic heterocycles. The molecular formula is C21H20N2O5S. The van der Waals surface area contributed by atoms with E-state index in [0.717, 1.165) is 4.90 Å². The van der Waals surface area contributed by atoms with Gasteiger partial charge in [0.1, 0.15) is 24.0 Å². The lowest BCUT2D eigenvalue weighted by atomic mass is 9.92. The van der Waals surface area contributed by atoms with E-state index in [0.29, 0.717) is 17.9 Å². The Balaban J connectivity index is 1.98. The van der Waals surface area contributed by atoms with Gasteiger partial charge in [-0.05, 0) is 42.7 Å². The van der Waals surface area contributed by atoms with E-state index in [2.05, 4.69) is 6.58 Å². The summed E-state index contributed by atoms with van der Waals surface area (Å²) in [5, 5.41) is 9.45. The lowest BCUT2D eigenvalue weighted by Crippen LogP contribution is -2.49. The monoisotopic (exact) mass is 412 g/mol. The number of amides is 2. The molecule has 0 spiro atoms. The molecule has 29 heavy (non-hydrogen) atoms. The van der Waals surface area contributed by atoms with Crippen LogP contribution >= 0.6 is 0 Å². The maximum atomic E-state index is 13.1. The molecule has 1 unspecified atom stereocenters. The Morgan fingerprint density at radius 2 is 1.97 bits per heavy atom. The van der Waals surface area contributed by atoms with Crippen LogP contribution in [-0.2, 0) is 19.4 Å². The Kier molecular flexibility index (Phi) is 5.71. The van der Waals surface area contributed by atoms with E-state index in [4.69, 9.17) is 4.74 Å². The second kappa shape index (κ2) is 8.05. The molecule has 0 radical (unpaired) electrons. The summed E-state index contributed by atoms with van der Waals surface area (Å²) in [7, 11) is -3.30. The van der Waals surface area contributed by atoms with E-state index in [-0.39, 0.29) is 34.6 Å². The van der Waals surface area contributed by atoms with Gasteiger partial charge in [-0.3, -0.25) is 14.5 Å². The minimum absolute atomic E-state index is 0.0788. The number of carbonyl (C=O) groups is 2. The van der Waals surface area contributed by atoms with Crippen molar-refractivity contribution in [2.75, 3.05) is 18.1 Å². The molecule has 0 bridgehead atoms. The summed E-state index contributed by atoms with van der Waals surface area (Å²) in [6.45, 7) is 5.50. The maximum Gasteiger partial charge on any atom is 0.271 e. The van der Waals surface area contributed by atoms with Crippen LogP contribution in [0.5, 0.6) is 5.75 Å². The minimum Gasteiger partial charge on any atom is -0.490 e. The topological polar surface area (TPSA) is 105 Å². The molecule has 2 heterocycles. The van der Waals surface area contributed by atoms with E-state index in [9.17, 15) is 23.3 Å². The smallest absolute Gasteiger partial charge is 0.271 e. The first-order chi connectivity index (χ1) is 13.8. The number of benzene rings is 1. The van der Waals surface area contributed by atoms with Crippen molar-refractivity contribution in [2.24, 2.45) is 0 Å². The van der Waals surface area contributed by atoms with Crippen LogP contribution in [-0.4, -0.2) is 49.3 Å². The van der Waals surface area contributed by atoms with Crippen molar-refractivity contribution >= 4 is 27.7 Å². The lowest BCUT2D eigenvalue weighted by Gasteiger charge is -2.31. The zero-order valence-electron chi connectivity index (χ0n) is 15.9. The average molecular weight is 412 g/mol. The van der Waals surface area contributed by atoms with Crippen LogP contribution in [0.3, 0.4) is 0 Å². The summed E-state index contributed by atoms with van der Waals surface area (Å²) < 4.78 is 29.1. The lowest BCUT2D eigenvalue weighted by molar-refractivity contribution is -0.142. The third-order valence-corrected chi connectivity index (χ3v) is 6.66. The molecule has 3 rings (SSSR count). The molecule has 150 valence electrons. The normalized spacial score (nSPS) is 22.7. The zero-order chi connectivity index (χ0) is 21.2. The number of nitrogens with zero attached hydrogens (tertiary/aromatic N) is 2. The molecular weight excluding hydrogens is 392 g/mol. The molecule has 1 aromatic carbocycles. The zero-order valence-corrected chi connectivity index (χ0v) is 16.7. The molecule has 1 fully saturated rings. The fourth-order valence-corrected chi connectivity index (χ4v) is 5.09. The van der Waals surface area contributed by atoms with Gasteiger partial charge in [0.2, 0.25) is 0 Å². The van der Waals surface area contributed by atoms with Gasteiger partial charge >= 0.3 is 0 Å². The van der Waals surface area contributed by atoms with Crippen LogP contribution in [0.25, 0.3) is 6.08 Å². The van der Waals surface area contributed by atoms with E-state index in [1.807, 2.05) is 6.07 Å². The van der Waals surface area contributed by atoms with Crippen molar-refractivity contribution in [3.05, 3.63) is 59.2 Å². The van der Waals surface area contributed by atoms with E-state index >= 15 is 0 Å². The van der Waals surface area contributed by atoms with Gasteiger partial charge < -0.3 is 4.74 Å². The van der Waals surface area contributed by atoms with Crippen molar-refractivity contribution in [1.29, 1.82) is 5.26 Å². The predicted octanol–water partition coefficient (Wildman–Crippen LogP) is 2.03. The highest BCUT2D eigenvalue weighted by atomic mass is 32.2. The van der Waals surface area contributed by atoms with Gasteiger partial charge in [0.25, 0.3) is 11.8 Å². The van der Waals surface area contributed by atoms with Crippen molar-refractivity contribution in [3.8, 4) is 11.8 Å². The first-order valence-electron chi connectivity index (χ1n) is 9.02. The van der Waals surface area contributed by atoms with Gasteiger partial charge in [-0.25, -0.2) is 8.42 Å². The molecule has 0 saturated carbocycles. The molecule has 1 aromatic rings. The van der Waals surface area contributed by atoms with Gasteiger partial charge in [0.05, 0.1) is 17.5 Å². The van der Waals surface area contributed by atoms with E-state index < -0.39 is 27.7 Å². The summed E-state index contributed by atoms with van der Waals surface area (Å²) in [6.07, 6.45) is 3.40. The number of hydrogen-bond acceptors (Lipinski definition) is 6. The fourth-order valence-electron chi connectivity index (χ4n) is 3.39. The maximum absolute atomic E-state index is 13.1. The van der Waals surface area contributed by atoms with Gasteiger partial charge in [0.15, 0.2) is 9.84 Å². The van der Waals surface area contributed by atoms with Crippen LogP contribution < -0.4 is 4.74 Å². The molecule has 1 atom stereocenters. The summed E-state index contributed by atoms with van der Waals surface area (Å²) in [4.78, 5) is 26.7. The van der Waals surface area contributed by atoms with Crippen LogP contribution in [0.2, 0.25) is 0 Å². The van der Waals surface area contributed by atoms with Crippen molar-refractivity contribution < 1.29 is 22.7 Å². The molecule has 2 aliphatic rings. The summed E-state index contributed by atoms with van der Waals surface area (Å²) in [5.74, 6) is -1.03. The number of nitriles is 1. The Hall–Kier alpha value is -3.18. The number of ether oxygens (including phenoxy) is 1. The number of imide groups is 1. The first-order valence-corrected chi connectivity index (χ1v) is 10.8. The number of sulfone groups is 1. The number of carbonyl (C=O) groups excluding carboxylic acids is 2. The minimum atomic E-state index is -3.30. The van der Waals surface area contributed by atoms with E-state index in [1.165, 1.54) is 0 Å². The van der Waals surface area contributed by atoms with Gasteiger partial charge in [-0.15, -0.1) is 0 Å². The molecule has 1 saturated heterocycles. The second-order valence-electron chi connectivity index (χ2n) is 6.88. The van der Waals surface area contributed by atoms with Crippen molar-refractivity contribution in [1.82, 2.24) is 4.90 Å². The number of hydrogen-bond donors (Lipinski definition) is 0. The standard InChI is InChI=1S/C21H20N2O5S/c1-3-9-28-17-6-4-15(5-7-17)11-18-14(2)19(12-22)21(25)23(20(18)24)16-8-10-29(26,27)13-16/h3-7,11,16H,1,8-10,13H2,2H3/b18-11-. The van der Waals surface area contributed by atoms with Gasteiger partial charge in [-0.1, -0.05) is 24.8 Å². The molecule has 0 aromatic heterocycles. The van der Waals surface area contributed by atoms with Crippen molar-refractivity contribution in [2.45, 2.75) is 19.4 Å². The van der Waals surface area contributed by atoms with Crippen LogP contribution in [0.4, 0.5) is 0 Å². The van der Waals surface area contributed by atoms with Crippen LogP contribution in [0.1, 0.15) is 18.9 Å².